The first-order chi connectivity index (χ1) is 12.7. The van der Waals surface area contributed by atoms with Crippen molar-refractivity contribution in [3.05, 3.63) is 77.3 Å². The highest BCUT2D eigenvalue weighted by molar-refractivity contribution is 5.57. The molecule has 0 aliphatic carbocycles. The summed E-state index contributed by atoms with van der Waals surface area (Å²) in [7, 11) is 0. The van der Waals surface area contributed by atoms with Gasteiger partial charge < -0.3 is 9.88 Å². The Hall–Kier alpha value is -3.15. The van der Waals surface area contributed by atoms with E-state index in [0.29, 0.717) is 0 Å². The molecular formula is C20H20N6. The zero-order chi connectivity index (χ0) is 17.7. The Kier molecular flexibility index (Phi) is 3.31. The highest BCUT2D eigenvalue weighted by atomic mass is 15.3. The number of anilines is 1. The molecule has 1 N–H and O–H groups in total. The van der Waals surface area contributed by atoms with Crippen LogP contribution < -0.4 is 4.90 Å². The largest absolute Gasteiger partial charge is 0.348 e. The standard InChI is InChI=1S/C20H20N6/c1-13-5-4-9-26-17(13)11-16(24-26)20-19-15(21-12-22-19)8-10-25(20)18-7-3-6-14(2)23-18/h3-7,9,11-12,20H,8,10H2,1-2H3,(H,21,22)/t20-/m1/s1. The number of imidazole rings is 1. The van der Waals surface area contributed by atoms with E-state index in [1.807, 2.05) is 29.8 Å². The van der Waals surface area contributed by atoms with E-state index in [4.69, 9.17) is 10.1 Å². The number of pyridine rings is 2. The smallest absolute Gasteiger partial charge is 0.129 e. The van der Waals surface area contributed by atoms with Gasteiger partial charge in [-0.25, -0.2) is 14.5 Å². The Balaban J connectivity index is 1.69. The molecule has 5 heterocycles. The Bertz CT molecular complexity index is 1090. The molecule has 1 aliphatic rings. The van der Waals surface area contributed by atoms with Gasteiger partial charge in [0.25, 0.3) is 0 Å². The van der Waals surface area contributed by atoms with Crippen molar-refractivity contribution in [2.24, 2.45) is 0 Å². The highest BCUT2D eigenvalue weighted by Crippen LogP contribution is 2.36. The van der Waals surface area contributed by atoms with Gasteiger partial charge in [0, 0.05) is 30.6 Å². The van der Waals surface area contributed by atoms with Crippen LogP contribution in [0, 0.1) is 13.8 Å². The summed E-state index contributed by atoms with van der Waals surface area (Å²) >= 11 is 0. The maximum absolute atomic E-state index is 4.87. The number of nitrogens with one attached hydrogen (secondary N) is 1. The third-order valence-corrected chi connectivity index (χ3v) is 5.11. The number of rotatable bonds is 2. The third-order valence-electron chi connectivity index (χ3n) is 5.11. The van der Waals surface area contributed by atoms with Gasteiger partial charge in [-0.05, 0) is 43.7 Å². The number of aromatic amines is 1. The van der Waals surface area contributed by atoms with Crippen LogP contribution in [0.3, 0.4) is 0 Å². The van der Waals surface area contributed by atoms with Gasteiger partial charge in [0.15, 0.2) is 0 Å². The molecule has 4 aromatic heterocycles. The Morgan fingerprint density at radius 1 is 1.15 bits per heavy atom. The fourth-order valence-electron chi connectivity index (χ4n) is 3.82. The minimum atomic E-state index is -0.0430. The maximum atomic E-state index is 4.87. The first kappa shape index (κ1) is 15.1. The molecule has 0 fully saturated rings. The van der Waals surface area contributed by atoms with E-state index in [0.717, 1.165) is 41.4 Å². The summed E-state index contributed by atoms with van der Waals surface area (Å²) in [4.78, 5) is 15.0. The van der Waals surface area contributed by atoms with Gasteiger partial charge >= 0.3 is 0 Å². The molecule has 1 atom stereocenters. The minimum Gasteiger partial charge on any atom is -0.348 e. The number of hydrogen-bond donors (Lipinski definition) is 1. The van der Waals surface area contributed by atoms with Crippen LogP contribution in [0.15, 0.2) is 48.9 Å². The number of fused-ring (bicyclic) bond motifs is 2. The molecule has 0 aromatic carbocycles. The molecule has 0 saturated carbocycles. The Labute approximate surface area is 151 Å². The van der Waals surface area contributed by atoms with Gasteiger partial charge in [0.1, 0.15) is 11.9 Å². The van der Waals surface area contributed by atoms with Gasteiger partial charge in [0.2, 0.25) is 0 Å². The number of hydrogen-bond acceptors (Lipinski definition) is 4. The molecule has 0 amide bonds. The molecule has 0 spiro atoms. The van der Waals surface area contributed by atoms with Crippen molar-refractivity contribution in [3.63, 3.8) is 0 Å². The van der Waals surface area contributed by atoms with Gasteiger partial charge in [-0.3, -0.25) is 0 Å². The van der Waals surface area contributed by atoms with E-state index in [9.17, 15) is 0 Å². The summed E-state index contributed by atoms with van der Waals surface area (Å²) in [5, 5.41) is 4.87. The maximum Gasteiger partial charge on any atom is 0.129 e. The molecule has 0 bridgehead atoms. The van der Waals surface area contributed by atoms with Crippen molar-refractivity contribution in [3.8, 4) is 0 Å². The molecular weight excluding hydrogens is 324 g/mol. The van der Waals surface area contributed by atoms with E-state index < -0.39 is 0 Å². The molecule has 0 radical (unpaired) electrons. The zero-order valence-electron chi connectivity index (χ0n) is 14.8. The van der Waals surface area contributed by atoms with E-state index in [-0.39, 0.29) is 6.04 Å². The van der Waals surface area contributed by atoms with Crippen LogP contribution in [-0.4, -0.2) is 31.1 Å². The fourth-order valence-corrected chi connectivity index (χ4v) is 3.82. The summed E-state index contributed by atoms with van der Waals surface area (Å²) in [5.74, 6) is 0.970. The topological polar surface area (TPSA) is 62.1 Å². The predicted octanol–water partition coefficient (Wildman–Crippen LogP) is 3.22. The molecule has 6 heteroatoms. The van der Waals surface area contributed by atoms with Crippen molar-refractivity contribution < 1.29 is 0 Å². The molecule has 4 aromatic rings. The molecule has 6 nitrogen and oxygen atoms in total. The second-order valence-corrected chi connectivity index (χ2v) is 6.84. The summed E-state index contributed by atoms with van der Waals surface area (Å²) < 4.78 is 1.95. The van der Waals surface area contributed by atoms with Crippen LogP contribution >= 0.6 is 0 Å². The van der Waals surface area contributed by atoms with Crippen LogP contribution in [0.2, 0.25) is 0 Å². The summed E-state index contributed by atoms with van der Waals surface area (Å²) in [5.41, 5.74) is 6.58. The summed E-state index contributed by atoms with van der Waals surface area (Å²) in [6.45, 7) is 5.02. The summed E-state index contributed by atoms with van der Waals surface area (Å²) in [6.07, 6.45) is 4.70. The van der Waals surface area contributed by atoms with Crippen molar-refractivity contribution in [2.75, 3.05) is 11.4 Å². The number of aromatic nitrogens is 5. The number of H-pyrrole nitrogens is 1. The van der Waals surface area contributed by atoms with E-state index in [1.165, 1.54) is 11.3 Å². The predicted molar refractivity (Wildman–Crippen MR) is 100 cm³/mol. The molecule has 5 rings (SSSR count). The normalized spacial score (nSPS) is 16.8. The monoisotopic (exact) mass is 344 g/mol. The average Bonchev–Trinajstić information content (AvgIpc) is 3.28. The lowest BCUT2D eigenvalue weighted by Gasteiger charge is -2.35. The van der Waals surface area contributed by atoms with Crippen molar-refractivity contribution in [1.82, 2.24) is 24.6 Å². The molecule has 26 heavy (non-hydrogen) atoms. The van der Waals surface area contributed by atoms with Crippen LogP contribution in [0.4, 0.5) is 5.82 Å². The van der Waals surface area contributed by atoms with Gasteiger partial charge in [-0.15, -0.1) is 0 Å². The zero-order valence-corrected chi connectivity index (χ0v) is 14.8. The SMILES string of the molecule is Cc1cccc(N2CCc3[nH]cnc3[C@H]2c2cc3c(C)cccn3n2)n1. The molecule has 0 unspecified atom stereocenters. The summed E-state index contributed by atoms with van der Waals surface area (Å²) in [6, 6.07) is 12.4. The van der Waals surface area contributed by atoms with Gasteiger partial charge in [0.05, 0.1) is 23.2 Å². The van der Waals surface area contributed by atoms with E-state index >= 15 is 0 Å². The highest BCUT2D eigenvalue weighted by Gasteiger charge is 2.33. The van der Waals surface area contributed by atoms with Crippen LogP contribution in [-0.2, 0) is 6.42 Å². The Morgan fingerprint density at radius 2 is 2.08 bits per heavy atom. The first-order valence-electron chi connectivity index (χ1n) is 8.88. The lowest BCUT2D eigenvalue weighted by Crippen LogP contribution is -2.37. The first-order valence-corrected chi connectivity index (χ1v) is 8.88. The lowest BCUT2D eigenvalue weighted by molar-refractivity contribution is 0.610. The molecule has 0 saturated heterocycles. The third kappa shape index (κ3) is 2.29. The van der Waals surface area contributed by atoms with Gasteiger partial charge in [-0.2, -0.15) is 5.10 Å². The fraction of sp³-hybridized carbons (Fsp3) is 0.250. The second-order valence-electron chi connectivity index (χ2n) is 6.84. The van der Waals surface area contributed by atoms with Crippen LogP contribution in [0.5, 0.6) is 0 Å². The van der Waals surface area contributed by atoms with Crippen molar-refractivity contribution in [2.45, 2.75) is 26.3 Å². The van der Waals surface area contributed by atoms with Gasteiger partial charge in [-0.1, -0.05) is 12.1 Å². The average molecular weight is 344 g/mol. The van der Waals surface area contributed by atoms with Crippen molar-refractivity contribution >= 4 is 11.3 Å². The van der Waals surface area contributed by atoms with Crippen LogP contribution in [0.25, 0.3) is 5.52 Å². The van der Waals surface area contributed by atoms with E-state index in [1.54, 1.807) is 6.33 Å². The second kappa shape index (κ2) is 5.69. The van der Waals surface area contributed by atoms with Crippen molar-refractivity contribution in [1.29, 1.82) is 0 Å². The van der Waals surface area contributed by atoms with E-state index in [2.05, 4.69) is 46.1 Å². The van der Waals surface area contributed by atoms with Crippen LogP contribution in [0.1, 0.15) is 34.4 Å². The molecule has 130 valence electrons. The quantitative estimate of drug-likeness (QED) is 0.606. The lowest BCUT2D eigenvalue weighted by atomic mass is 9.99. The Morgan fingerprint density at radius 3 is 2.92 bits per heavy atom. The number of nitrogens with zero attached hydrogens (tertiary/aromatic N) is 5. The minimum absolute atomic E-state index is 0.0430. The number of aryl methyl sites for hydroxylation is 2. The molecule has 1 aliphatic heterocycles.